The van der Waals surface area contributed by atoms with Gasteiger partial charge in [0.25, 0.3) is 0 Å². The molecule has 1 atom stereocenters. The van der Waals surface area contributed by atoms with Gasteiger partial charge >= 0.3 is 5.97 Å². The third-order valence-electron chi connectivity index (χ3n) is 4.84. The lowest BCUT2D eigenvalue weighted by atomic mass is 9.76. The second kappa shape index (κ2) is 7.84. The molecule has 0 N–H and O–H groups in total. The van der Waals surface area contributed by atoms with E-state index in [1.165, 1.54) is 0 Å². The maximum absolute atomic E-state index is 12.5. The number of carbonyl (C=O) groups excluding carboxylic acids is 1. The Morgan fingerprint density at radius 2 is 1.82 bits per heavy atom. The third kappa shape index (κ3) is 4.31. The fraction of sp³-hybridized carbons (Fsp3) is 0.292. The molecule has 0 radical (unpaired) electrons. The molecule has 0 bridgehead atoms. The van der Waals surface area contributed by atoms with E-state index in [0.29, 0.717) is 17.2 Å². The standard InChI is InChI=1S/C24H25ClO3/c1-23(2,3)22(26)28-21-16-27-20-10-6-5-9-19(20)24(21,4)15-7-8-17-11-13-18(25)14-12-17/h5-14,16H,15H2,1-4H3/b8-7+/t24-/m0/s1. The van der Waals surface area contributed by atoms with Gasteiger partial charge in [0.15, 0.2) is 5.76 Å². The first-order valence-corrected chi connectivity index (χ1v) is 9.69. The summed E-state index contributed by atoms with van der Waals surface area (Å²) in [5.41, 5.74) is 0.941. The lowest BCUT2D eigenvalue weighted by Gasteiger charge is -2.35. The van der Waals surface area contributed by atoms with E-state index in [9.17, 15) is 4.79 Å². The molecule has 1 heterocycles. The van der Waals surface area contributed by atoms with Gasteiger partial charge in [0.05, 0.1) is 10.8 Å². The zero-order chi connectivity index (χ0) is 20.4. The molecule has 1 aliphatic rings. The maximum Gasteiger partial charge on any atom is 0.316 e. The number of hydrogen-bond donors (Lipinski definition) is 0. The van der Waals surface area contributed by atoms with Gasteiger partial charge in [-0.15, -0.1) is 0 Å². The average Bonchev–Trinajstić information content (AvgIpc) is 2.65. The lowest BCUT2D eigenvalue weighted by Crippen LogP contribution is -2.33. The molecule has 0 aliphatic carbocycles. The van der Waals surface area contributed by atoms with E-state index in [0.717, 1.165) is 16.9 Å². The molecule has 0 amide bonds. The average molecular weight is 397 g/mol. The van der Waals surface area contributed by atoms with Crippen LogP contribution in [-0.4, -0.2) is 5.97 Å². The van der Waals surface area contributed by atoms with Crippen LogP contribution in [0, 0.1) is 5.41 Å². The van der Waals surface area contributed by atoms with Gasteiger partial charge in [-0.05, 0) is 57.9 Å². The summed E-state index contributed by atoms with van der Waals surface area (Å²) in [5, 5.41) is 0.710. The zero-order valence-electron chi connectivity index (χ0n) is 16.7. The van der Waals surface area contributed by atoms with Crippen LogP contribution in [0.5, 0.6) is 5.75 Å². The number of halogens is 1. The SMILES string of the molecule is CC(C)(C)C(=O)OC1=COc2ccccc2[C@]1(C)C/C=C/c1ccc(Cl)cc1. The monoisotopic (exact) mass is 396 g/mol. The maximum atomic E-state index is 12.5. The first-order valence-electron chi connectivity index (χ1n) is 9.31. The van der Waals surface area contributed by atoms with Crippen molar-refractivity contribution < 1.29 is 14.3 Å². The van der Waals surface area contributed by atoms with Gasteiger partial charge < -0.3 is 9.47 Å². The van der Waals surface area contributed by atoms with Crippen LogP contribution in [-0.2, 0) is 14.9 Å². The number of esters is 1. The number of fused-ring (bicyclic) bond motifs is 1. The number of carbonyl (C=O) groups is 1. The van der Waals surface area contributed by atoms with Crippen LogP contribution in [0.25, 0.3) is 6.08 Å². The van der Waals surface area contributed by atoms with Gasteiger partial charge in [0, 0.05) is 10.6 Å². The summed E-state index contributed by atoms with van der Waals surface area (Å²) in [6.07, 6.45) is 6.34. The summed E-state index contributed by atoms with van der Waals surface area (Å²) in [7, 11) is 0. The molecular formula is C24H25ClO3. The highest BCUT2D eigenvalue weighted by atomic mass is 35.5. The van der Waals surface area contributed by atoms with Crippen molar-refractivity contribution in [3.05, 3.63) is 82.8 Å². The molecule has 0 spiro atoms. The largest absolute Gasteiger partial charge is 0.461 e. The molecule has 0 aromatic heterocycles. The molecule has 146 valence electrons. The summed E-state index contributed by atoms with van der Waals surface area (Å²) in [6.45, 7) is 7.59. The third-order valence-corrected chi connectivity index (χ3v) is 5.09. The molecule has 0 unspecified atom stereocenters. The Hall–Kier alpha value is -2.52. The summed E-state index contributed by atoms with van der Waals surface area (Å²) < 4.78 is 11.5. The normalized spacial score (nSPS) is 19.0. The topological polar surface area (TPSA) is 35.5 Å². The van der Waals surface area contributed by atoms with Gasteiger partial charge in [-0.1, -0.05) is 54.1 Å². The van der Waals surface area contributed by atoms with E-state index in [1.807, 2.05) is 75.4 Å². The van der Waals surface area contributed by atoms with Gasteiger partial charge in [-0.25, -0.2) is 0 Å². The second-order valence-electron chi connectivity index (χ2n) is 8.23. The Bertz CT molecular complexity index is 920. The Morgan fingerprint density at radius 3 is 2.50 bits per heavy atom. The van der Waals surface area contributed by atoms with Crippen LogP contribution in [0.15, 0.2) is 66.6 Å². The van der Waals surface area contributed by atoms with Crippen molar-refractivity contribution in [2.75, 3.05) is 0 Å². The first-order chi connectivity index (χ1) is 13.2. The fourth-order valence-electron chi connectivity index (χ4n) is 3.01. The number of benzene rings is 2. The minimum atomic E-state index is -0.599. The molecule has 3 rings (SSSR count). The smallest absolute Gasteiger partial charge is 0.316 e. The van der Waals surface area contributed by atoms with E-state index in [2.05, 4.69) is 13.0 Å². The Labute approximate surface area is 171 Å². The van der Waals surface area contributed by atoms with Gasteiger partial charge in [0.2, 0.25) is 0 Å². The molecular weight excluding hydrogens is 372 g/mol. The Kier molecular flexibility index (Phi) is 5.66. The molecule has 1 aliphatic heterocycles. The molecule has 2 aromatic carbocycles. The summed E-state index contributed by atoms with van der Waals surface area (Å²) >= 11 is 5.96. The van der Waals surface area contributed by atoms with Gasteiger partial charge in [-0.3, -0.25) is 4.79 Å². The van der Waals surface area contributed by atoms with Crippen molar-refractivity contribution in [1.29, 1.82) is 0 Å². The summed E-state index contributed by atoms with van der Waals surface area (Å²) in [6, 6.07) is 15.5. The molecule has 0 saturated carbocycles. The van der Waals surface area contributed by atoms with E-state index < -0.39 is 10.8 Å². The molecule has 0 fully saturated rings. The number of allylic oxidation sites excluding steroid dienone is 2. The van der Waals surface area contributed by atoms with Crippen LogP contribution < -0.4 is 4.74 Å². The minimum Gasteiger partial charge on any atom is -0.461 e. The van der Waals surface area contributed by atoms with Crippen molar-refractivity contribution in [3.8, 4) is 5.75 Å². The highest BCUT2D eigenvalue weighted by Gasteiger charge is 2.40. The molecule has 0 saturated heterocycles. The van der Waals surface area contributed by atoms with Crippen molar-refractivity contribution in [3.63, 3.8) is 0 Å². The summed E-state index contributed by atoms with van der Waals surface area (Å²) in [4.78, 5) is 12.5. The van der Waals surface area contributed by atoms with Crippen molar-refractivity contribution in [2.45, 2.75) is 39.5 Å². The van der Waals surface area contributed by atoms with Gasteiger partial charge in [-0.2, -0.15) is 0 Å². The molecule has 3 nitrogen and oxygen atoms in total. The number of ether oxygens (including phenoxy) is 2. The molecule has 28 heavy (non-hydrogen) atoms. The van der Waals surface area contributed by atoms with Crippen LogP contribution in [0.3, 0.4) is 0 Å². The van der Waals surface area contributed by atoms with E-state index >= 15 is 0 Å². The zero-order valence-corrected chi connectivity index (χ0v) is 17.4. The quantitative estimate of drug-likeness (QED) is 0.551. The lowest BCUT2D eigenvalue weighted by molar-refractivity contribution is -0.150. The predicted octanol–water partition coefficient (Wildman–Crippen LogP) is 6.52. The minimum absolute atomic E-state index is 0.283. The number of rotatable bonds is 4. The molecule has 4 heteroatoms. The van der Waals surface area contributed by atoms with E-state index in [4.69, 9.17) is 21.1 Å². The number of hydrogen-bond acceptors (Lipinski definition) is 3. The number of para-hydroxylation sites is 1. The van der Waals surface area contributed by atoms with Crippen LogP contribution in [0.1, 0.15) is 45.2 Å². The van der Waals surface area contributed by atoms with Crippen LogP contribution >= 0.6 is 11.6 Å². The fourth-order valence-corrected chi connectivity index (χ4v) is 3.14. The molecule has 2 aromatic rings. The second-order valence-corrected chi connectivity index (χ2v) is 8.66. The van der Waals surface area contributed by atoms with Gasteiger partial charge in [0.1, 0.15) is 12.0 Å². The highest BCUT2D eigenvalue weighted by molar-refractivity contribution is 6.30. The predicted molar refractivity (Wildman–Crippen MR) is 113 cm³/mol. The highest BCUT2D eigenvalue weighted by Crippen LogP contribution is 2.45. The summed E-state index contributed by atoms with van der Waals surface area (Å²) in [5.74, 6) is 1.02. The van der Waals surface area contributed by atoms with Crippen LogP contribution in [0.2, 0.25) is 5.02 Å². The van der Waals surface area contributed by atoms with Crippen molar-refractivity contribution in [1.82, 2.24) is 0 Å². The van der Waals surface area contributed by atoms with E-state index in [1.54, 1.807) is 6.26 Å². The first kappa shape index (κ1) is 20.2. The Balaban J connectivity index is 1.90. The Morgan fingerprint density at radius 1 is 1.14 bits per heavy atom. The van der Waals surface area contributed by atoms with Crippen molar-refractivity contribution in [2.24, 2.45) is 5.41 Å². The van der Waals surface area contributed by atoms with Crippen LogP contribution in [0.4, 0.5) is 0 Å². The van der Waals surface area contributed by atoms with E-state index in [-0.39, 0.29) is 5.97 Å². The van der Waals surface area contributed by atoms with Crippen molar-refractivity contribution >= 4 is 23.6 Å².